The summed E-state index contributed by atoms with van der Waals surface area (Å²) in [5, 5.41) is 5.46. The topological polar surface area (TPSA) is 51.0 Å². The van der Waals surface area contributed by atoms with Crippen LogP contribution in [-0.2, 0) is 0 Å². The lowest BCUT2D eigenvalue weighted by Gasteiger charge is -2.22. The molecular weight excluding hydrogens is 560 g/mol. The van der Waals surface area contributed by atoms with Gasteiger partial charge in [-0.2, -0.15) is 0 Å². The largest absolute Gasteiger partial charge is 0.274 e. The number of allylic oxidation sites excluding steroid dienone is 2. The molecule has 9 rings (SSSR count). The van der Waals surface area contributed by atoms with Gasteiger partial charge in [-0.15, -0.1) is 0 Å². The maximum atomic E-state index is 5.35. The summed E-state index contributed by atoms with van der Waals surface area (Å²) < 4.78 is 0. The molecule has 0 radical (unpaired) electrons. The van der Waals surface area contributed by atoms with Gasteiger partial charge >= 0.3 is 0 Å². The number of rotatable bonds is 4. The number of benzene rings is 4. The summed E-state index contributed by atoms with van der Waals surface area (Å²) in [6.07, 6.45) is 11.0. The zero-order chi connectivity index (χ0) is 30.5. The molecule has 3 aromatic heterocycles. The van der Waals surface area contributed by atoms with Gasteiger partial charge < -0.3 is 0 Å². The van der Waals surface area contributed by atoms with Crippen LogP contribution < -0.4 is 10.6 Å². The van der Waals surface area contributed by atoms with Crippen LogP contribution in [0.5, 0.6) is 0 Å². The number of hydrogen-bond acceptors (Lipinski definition) is 4. The number of pyridine rings is 3. The third-order valence-electron chi connectivity index (χ3n) is 9.25. The number of fused-ring (bicyclic) bond motifs is 6. The monoisotopic (exact) mass is 590 g/mol. The quantitative estimate of drug-likeness (QED) is 0.193. The molecule has 4 heterocycles. The molecule has 2 unspecified atom stereocenters. The molecule has 0 spiro atoms. The van der Waals surface area contributed by atoms with Crippen molar-refractivity contribution < 1.29 is 0 Å². The van der Waals surface area contributed by atoms with Crippen molar-refractivity contribution in [1.82, 2.24) is 15.0 Å². The SMILES string of the molecule is C1=CC(C2CC=c3ccc4ccc(-c5ccccc5)nc4c3=N2)=CC(c2ccc3ccc4ccc(-c5ccccc5)nc4c3n2)C1. The standard InChI is InChI=1S/C42H30N4/c1-3-8-27(9-4-1)35-22-18-29-14-16-31-20-24-37(45-41(31)39(29)43-35)33-12-7-13-34(26-33)38-25-21-32-17-15-30-19-23-36(28-10-5-2-6-11-28)44-40(30)42(32)46-38/h1-12,14-23,25-26,34,37H,13,24H2. The highest BCUT2D eigenvalue weighted by molar-refractivity contribution is 6.03. The minimum Gasteiger partial charge on any atom is -0.274 e. The summed E-state index contributed by atoms with van der Waals surface area (Å²) in [6, 6.07) is 42.2. The summed E-state index contributed by atoms with van der Waals surface area (Å²) in [7, 11) is 0. The fourth-order valence-electron chi connectivity index (χ4n) is 6.81. The third kappa shape index (κ3) is 4.70. The fourth-order valence-corrected chi connectivity index (χ4v) is 6.81. The first-order valence-corrected chi connectivity index (χ1v) is 15.9. The highest BCUT2D eigenvalue weighted by atomic mass is 14.8. The van der Waals surface area contributed by atoms with Crippen LogP contribution in [0.3, 0.4) is 0 Å². The van der Waals surface area contributed by atoms with Gasteiger partial charge in [-0.3, -0.25) is 4.99 Å². The van der Waals surface area contributed by atoms with Gasteiger partial charge in [0, 0.05) is 38.9 Å². The molecule has 46 heavy (non-hydrogen) atoms. The predicted molar refractivity (Wildman–Crippen MR) is 188 cm³/mol. The van der Waals surface area contributed by atoms with E-state index in [-0.39, 0.29) is 12.0 Å². The van der Waals surface area contributed by atoms with Crippen molar-refractivity contribution in [2.45, 2.75) is 24.8 Å². The molecule has 2 aliphatic rings. The molecular formula is C42H30N4. The molecule has 0 fully saturated rings. The average Bonchev–Trinajstić information content (AvgIpc) is 3.14. The lowest BCUT2D eigenvalue weighted by Crippen LogP contribution is -2.33. The van der Waals surface area contributed by atoms with Gasteiger partial charge in [0.25, 0.3) is 0 Å². The maximum Gasteiger partial charge on any atom is 0.0972 e. The van der Waals surface area contributed by atoms with Gasteiger partial charge in [-0.25, -0.2) is 15.0 Å². The fraction of sp³-hybridized carbons (Fsp3) is 0.0952. The van der Waals surface area contributed by atoms with Gasteiger partial charge in [0.15, 0.2) is 0 Å². The summed E-state index contributed by atoms with van der Waals surface area (Å²) in [6.45, 7) is 0. The van der Waals surface area contributed by atoms with E-state index in [2.05, 4.69) is 133 Å². The molecule has 4 nitrogen and oxygen atoms in total. The molecule has 7 aromatic rings. The smallest absolute Gasteiger partial charge is 0.0972 e. The lowest BCUT2D eigenvalue weighted by atomic mass is 9.88. The number of nitrogens with zero attached hydrogens (tertiary/aromatic N) is 4. The van der Waals surface area contributed by atoms with Crippen LogP contribution in [0.2, 0.25) is 0 Å². The molecule has 4 aromatic carbocycles. The highest BCUT2D eigenvalue weighted by Crippen LogP contribution is 2.32. The summed E-state index contributed by atoms with van der Waals surface area (Å²) in [5.41, 5.74) is 9.31. The molecule has 1 aliphatic heterocycles. The molecule has 0 saturated carbocycles. The van der Waals surface area contributed by atoms with Gasteiger partial charge in [0.2, 0.25) is 0 Å². The Kier molecular flexibility index (Phi) is 6.38. The Balaban J connectivity index is 1.10. The van der Waals surface area contributed by atoms with Crippen molar-refractivity contribution in [2.24, 2.45) is 4.99 Å². The van der Waals surface area contributed by atoms with Crippen LogP contribution in [0.25, 0.3) is 61.3 Å². The van der Waals surface area contributed by atoms with Gasteiger partial charge in [-0.1, -0.05) is 127 Å². The van der Waals surface area contributed by atoms with Crippen molar-refractivity contribution >= 4 is 38.8 Å². The van der Waals surface area contributed by atoms with E-state index in [1.54, 1.807) is 0 Å². The van der Waals surface area contributed by atoms with Gasteiger partial charge in [0.1, 0.15) is 0 Å². The Bertz CT molecular complexity index is 2480. The van der Waals surface area contributed by atoms with Crippen LogP contribution in [0.1, 0.15) is 24.5 Å². The highest BCUT2D eigenvalue weighted by Gasteiger charge is 2.21. The molecule has 0 bridgehead atoms. The summed E-state index contributed by atoms with van der Waals surface area (Å²) in [5.74, 6) is 0.170. The van der Waals surface area contributed by atoms with Gasteiger partial charge in [-0.05, 0) is 41.8 Å². The van der Waals surface area contributed by atoms with Crippen LogP contribution >= 0.6 is 0 Å². The van der Waals surface area contributed by atoms with E-state index in [1.807, 2.05) is 12.1 Å². The van der Waals surface area contributed by atoms with E-state index in [0.717, 1.165) is 84.3 Å². The van der Waals surface area contributed by atoms with Crippen molar-refractivity contribution in [1.29, 1.82) is 0 Å². The predicted octanol–water partition coefficient (Wildman–Crippen LogP) is 8.51. The van der Waals surface area contributed by atoms with Crippen molar-refractivity contribution in [3.63, 3.8) is 0 Å². The summed E-state index contributed by atoms with van der Waals surface area (Å²) in [4.78, 5) is 20.8. The van der Waals surface area contributed by atoms with Crippen molar-refractivity contribution in [2.75, 3.05) is 0 Å². The van der Waals surface area contributed by atoms with E-state index in [4.69, 9.17) is 19.9 Å². The maximum absolute atomic E-state index is 5.35. The van der Waals surface area contributed by atoms with Gasteiger partial charge in [0.05, 0.1) is 39.3 Å². The zero-order valence-corrected chi connectivity index (χ0v) is 25.2. The molecule has 218 valence electrons. The molecule has 0 N–H and O–H groups in total. The van der Waals surface area contributed by atoms with Crippen molar-refractivity contribution in [3.05, 3.63) is 161 Å². The second-order valence-electron chi connectivity index (χ2n) is 12.1. The zero-order valence-electron chi connectivity index (χ0n) is 25.2. The molecule has 0 saturated heterocycles. The molecule has 4 heteroatoms. The first-order chi connectivity index (χ1) is 22.8. The normalized spacial score (nSPS) is 17.3. The van der Waals surface area contributed by atoms with E-state index in [1.165, 1.54) is 5.57 Å². The molecule has 0 amide bonds. The number of aromatic nitrogens is 3. The van der Waals surface area contributed by atoms with E-state index in [0.29, 0.717) is 0 Å². The first kappa shape index (κ1) is 26.6. The van der Waals surface area contributed by atoms with Crippen molar-refractivity contribution in [3.8, 4) is 22.5 Å². The number of hydrogen-bond donors (Lipinski definition) is 0. The van der Waals surface area contributed by atoms with Crippen LogP contribution in [0.4, 0.5) is 0 Å². The Labute approximate surface area is 266 Å². The molecule has 1 aliphatic carbocycles. The minimum absolute atomic E-state index is 0.0377. The third-order valence-corrected chi connectivity index (χ3v) is 9.25. The van der Waals surface area contributed by atoms with Crippen LogP contribution in [0, 0.1) is 0 Å². The van der Waals surface area contributed by atoms with Crippen LogP contribution in [-0.4, -0.2) is 21.0 Å². The second-order valence-corrected chi connectivity index (χ2v) is 12.1. The summed E-state index contributed by atoms with van der Waals surface area (Å²) >= 11 is 0. The van der Waals surface area contributed by atoms with E-state index >= 15 is 0 Å². The lowest BCUT2D eigenvalue weighted by molar-refractivity contribution is 0.740. The second kappa shape index (κ2) is 11.0. The minimum atomic E-state index is 0.0377. The Morgan fingerprint density at radius 2 is 1.11 bits per heavy atom. The van der Waals surface area contributed by atoms with E-state index in [9.17, 15) is 0 Å². The Morgan fingerprint density at radius 1 is 0.522 bits per heavy atom. The van der Waals surface area contributed by atoms with Crippen LogP contribution in [0.15, 0.2) is 150 Å². The first-order valence-electron chi connectivity index (χ1n) is 15.9. The van der Waals surface area contributed by atoms with E-state index < -0.39 is 0 Å². The average molecular weight is 591 g/mol. The Hall–Kier alpha value is -5.74. The Morgan fingerprint density at radius 3 is 1.83 bits per heavy atom. The molecule has 2 atom stereocenters.